The number of halogens is 3. The van der Waals surface area contributed by atoms with E-state index >= 15 is 0 Å². The topological polar surface area (TPSA) is 103 Å². The zero-order valence-corrected chi connectivity index (χ0v) is 17.9. The molecule has 176 valence electrons. The van der Waals surface area contributed by atoms with Crippen LogP contribution >= 0.6 is 0 Å². The van der Waals surface area contributed by atoms with Gasteiger partial charge in [0.2, 0.25) is 5.91 Å². The maximum Gasteiger partial charge on any atom is 0.417 e. The molecule has 1 aromatic carbocycles. The first-order chi connectivity index (χ1) is 15.5. The number of anilines is 1. The molecule has 1 N–H and O–H groups in total. The van der Waals surface area contributed by atoms with Gasteiger partial charge in [0.1, 0.15) is 6.23 Å². The number of benzene rings is 1. The van der Waals surface area contributed by atoms with Gasteiger partial charge < -0.3 is 19.5 Å². The monoisotopic (exact) mass is 465 g/mol. The Labute approximate surface area is 187 Å². The summed E-state index contributed by atoms with van der Waals surface area (Å²) in [5.74, 6) is -1.65. The van der Waals surface area contributed by atoms with Crippen molar-refractivity contribution in [2.75, 3.05) is 18.1 Å². The van der Waals surface area contributed by atoms with Crippen LogP contribution in [0.2, 0.25) is 0 Å². The van der Waals surface area contributed by atoms with E-state index in [1.54, 1.807) is 19.9 Å². The van der Waals surface area contributed by atoms with Crippen LogP contribution in [-0.4, -0.2) is 58.6 Å². The summed E-state index contributed by atoms with van der Waals surface area (Å²) in [7, 11) is 0. The molecule has 4 aliphatic rings. The second kappa shape index (κ2) is 6.84. The second-order valence-corrected chi connectivity index (χ2v) is 9.20. The van der Waals surface area contributed by atoms with Crippen LogP contribution < -0.4 is 4.90 Å². The fourth-order valence-corrected chi connectivity index (χ4v) is 6.52. The van der Waals surface area contributed by atoms with E-state index in [4.69, 9.17) is 14.7 Å². The number of carbonyl (C=O) groups excluding carboxylic acids is 1. The molecule has 0 saturated carbocycles. The lowest BCUT2D eigenvalue weighted by molar-refractivity contribution is -0.141. The van der Waals surface area contributed by atoms with Crippen molar-refractivity contribution < 1.29 is 37.3 Å². The van der Waals surface area contributed by atoms with Crippen LogP contribution in [0.4, 0.5) is 23.7 Å². The van der Waals surface area contributed by atoms with Gasteiger partial charge in [-0.15, -0.1) is 0 Å². The molecule has 2 bridgehead atoms. The molecule has 5 rings (SSSR count). The number of fused-ring (bicyclic) bond motifs is 2. The highest BCUT2D eigenvalue weighted by atomic mass is 19.4. The standard InChI is InChI=1S/C22H22F3N3O5/c1-3-27(19(30)31)14-9-21-6-7-32-18-16(21)15(20(14,2)33-21)17(29)28(18)12-5-4-11(10-26)13(8-12)22(23,24)25/h4-5,8,14-16,18H,3,6-7,9H2,1-2H3,(H,30,31)/t14-,15+,16-,18-,20+,21-/m1/s1. The largest absolute Gasteiger partial charge is 0.465 e. The highest BCUT2D eigenvalue weighted by Crippen LogP contribution is 2.66. The number of hydrogen-bond donors (Lipinski definition) is 1. The SMILES string of the molecule is CCN(C(=O)O)[C@@H]1C[C@]23CCO[C@@H]4[C@H]2[C@@H](C(=O)N4c2ccc(C#N)c(C(F)(F)F)c2)[C@@]1(C)O3. The van der Waals surface area contributed by atoms with E-state index in [0.717, 1.165) is 12.1 Å². The van der Waals surface area contributed by atoms with Gasteiger partial charge in [0.05, 0.1) is 47.0 Å². The number of nitrogens with zero attached hydrogens (tertiary/aromatic N) is 3. The van der Waals surface area contributed by atoms with Crippen molar-refractivity contribution in [1.29, 1.82) is 5.26 Å². The van der Waals surface area contributed by atoms with E-state index < -0.39 is 64.6 Å². The zero-order chi connectivity index (χ0) is 23.9. The molecular formula is C22H22F3N3O5. The van der Waals surface area contributed by atoms with E-state index in [-0.39, 0.29) is 18.8 Å². The summed E-state index contributed by atoms with van der Waals surface area (Å²) in [5, 5.41) is 18.8. The normalized spacial score (nSPS) is 36.6. The number of likely N-dealkylation sites (N-methyl/N-ethyl adjacent to an activating group) is 1. The third kappa shape index (κ3) is 2.77. The molecule has 0 aliphatic carbocycles. The third-order valence-electron chi connectivity index (χ3n) is 7.76. The van der Waals surface area contributed by atoms with Crippen LogP contribution in [0.3, 0.4) is 0 Å². The molecule has 1 aromatic rings. The zero-order valence-electron chi connectivity index (χ0n) is 17.9. The van der Waals surface area contributed by atoms with Crippen LogP contribution in [0.25, 0.3) is 0 Å². The Bertz CT molecular complexity index is 1090. The molecule has 8 nitrogen and oxygen atoms in total. The van der Waals surface area contributed by atoms with Crippen molar-refractivity contribution in [1.82, 2.24) is 4.90 Å². The number of rotatable bonds is 3. The van der Waals surface area contributed by atoms with Gasteiger partial charge in [0, 0.05) is 31.0 Å². The molecule has 2 amide bonds. The van der Waals surface area contributed by atoms with Gasteiger partial charge in [-0.2, -0.15) is 18.4 Å². The number of carbonyl (C=O) groups is 2. The first-order valence-electron chi connectivity index (χ1n) is 10.7. The molecule has 11 heteroatoms. The summed E-state index contributed by atoms with van der Waals surface area (Å²) in [5.41, 5.74) is -3.58. The Morgan fingerprint density at radius 1 is 1.42 bits per heavy atom. The highest BCUT2D eigenvalue weighted by molar-refractivity contribution is 6.00. The van der Waals surface area contributed by atoms with Gasteiger partial charge >= 0.3 is 12.3 Å². The lowest BCUT2D eigenvalue weighted by Crippen LogP contribution is -2.58. The van der Waals surface area contributed by atoms with Crippen molar-refractivity contribution in [2.24, 2.45) is 11.8 Å². The fourth-order valence-electron chi connectivity index (χ4n) is 6.52. The van der Waals surface area contributed by atoms with Crippen molar-refractivity contribution in [2.45, 2.75) is 56.3 Å². The summed E-state index contributed by atoms with van der Waals surface area (Å²) in [6, 6.07) is 4.16. The average molecular weight is 465 g/mol. The van der Waals surface area contributed by atoms with Crippen molar-refractivity contribution in [3.8, 4) is 6.07 Å². The number of amides is 2. The minimum atomic E-state index is -4.77. The Hall–Kier alpha value is -2.84. The maximum absolute atomic E-state index is 13.7. The number of hydrogen-bond acceptors (Lipinski definition) is 5. The van der Waals surface area contributed by atoms with Crippen LogP contribution in [0.15, 0.2) is 18.2 Å². The van der Waals surface area contributed by atoms with Gasteiger partial charge in [-0.25, -0.2) is 4.79 Å². The smallest absolute Gasteiger partial charge is 0.417 e. The van der Waals surface area contributed by atoms with E-state index in [9.17, 15) is 27.9 Å². The summed E-state index contributed by atoms with van der Waals surface area (Å²) in [6.45, 7) is 3.87. The number of nitriles is 1. The Kier molecular flexibility index (Phi) is 4.55. The summed E-state index contributed by atoms with van der Waals surface area (Å²) in [6.07, 6.45) is -5.84. The van der Waals surface area contributed by atoms with E-state index in [1.807, 2.05) is 0 Å². The van der Waals surface area contributed by atoms with Gasteiger partial charge in [0.15, 0.2) is 0 Å². The molecule has 33 heavy (non-hydrogen) atoms. The molecule has 0 unspecified atom stereocenters. The van der Waals surface area contributed by atoms with Crippen LogP contribution in [-0.2, 0) is 20.4 Å². The van der Waals surface area contributed by atoms with E-state index in [1.165, 1.54) is 15.9 Å². The fraction of sp³-hybridized carbons (Fsp3) is 0.591. The molecule has 1 spiro atoms. The number of alkyl halides is 3. The Balaban J connectivity index is 1.60. The van der Waals surface area contributed by atoms with Gasteiger partial charge in [-0.1, -0.05) is 0 Å². The Morgan fingerprint density at radius 3 is 2.76 bits per heavy atom. The van der Waals surface area contributed by atoms with Crippen molar-refractivity contribution >= 4 is 17.7 Å². The molecule has 4 heterocycles. The summed E-state index contributed by atoms with van der Waals surface area (Å²) in [4.78, 5) is 28.1. The van der Waals surface area contributed by atoms with Crippen LogP contribution in [0.5, 0.6) is 0 Å². The predicted octanol–water partition coefficient (Wildman–Crippen LogP) is 3.20. The molecular weight excluding hydrogens is 443 g/mol. The number of carboxylic acid groups (broad SMARTS) is 1. The summed E-state index contributed by atoms with van der Waals surface area (Å²) >= 11 is 0. The average Bonchev–Trinajstić information content (AvgIpc) is 3.31. The molecule has 0 radical (unpaired) electrons. The maximum atomic E-state index is 13.7. The first kappa shape index (κ1) is 22.0. The van der Waals surface area contributed by atoms with Gasteiger partial charge in [-0.05, 0) is 32.0 Å². The van der Waals surface area contributed by atoms with Crippen molar-refractivity contribution in [3.05, 3.63) is 29.3 Å². The highest BCUT2D eigenvalue weighted by Gasteiger charge is 2.78. The van der Waals surface area contributed by atoms with Crippen LogP contribution in [0, 0.1) is 23.2 Å². The molecule has 0 aromatic heterocycles. The van der Waals surface area contributed by atoms with Crippen LogP contribution in [0.1, 0.15) is 37.8 Å². The number of ether oxygens (including phenoxy) is 2. The molecule has 4 aliphatic heterocycles. The predicted molar refractivity (Wildman–Crippen MR) is 106 cm³/mol. The quantitative estimate of drug-likeness (QED) is 0.736. The summed E-state index contributed by atoms with van der Waals surface area (Å²) < 4.78 is 53.1. The minimum Gasteiger partial charge on any atom is -0.465 e. The molecule has 4 fully saturated rings. The molecule has 4 saturated heterocycles. The van der Waals surface area contributed by atoms with Gasteiger partial charge in [0.25, 0.3) is 0 Å². The first-order valence-corrected chi connectivity index (χ1v) is 10.7. The lowest BCUT2D eigenvalue weighted by Gasteiger charge is -2.44. The lowest BCUT2D eigenvalue weighted by atomic mass is 9.63. The van der Waals surface area contributed by atoms with E-state index in [2.05, 4.69) is 0 Å². The molecule has 6 atom stereocenters. The minimum absolute atomic E-state index is 0.00657. The second-order valence-electron chi connectivity index (χ2n) is 9.20. The van der Waals surface area contributed by atoms with Crippen molar-refractivity contribution in [3.63, 3.8) is 0 Å². The van der Waals surface area contributed by atoms with Gasteiger partial charge in [-0.3, -0.25) is 9.69 Å². The third-order valence-corrected chi connectivity index (χ3v) is 7.76. The Morgan fingerprint density at radius 2 is 2.15 bits per heavy atom. The van der Waals surface area contributed by atoms with E-state index in [0.29, 0.717) is 12.8 Å².